The van der Waals surface area contributed by atoms with Crippen molar-refractivity contribution in [2.24, 2.45) is 0 Å². The van der Waals surface area contributed by atoms with E-state index in [1.54, 1.807) is 41.6 Å². The number of hydrogen-bond donors (Lipinski definition) is 0. The summed E-state index contributed by atoms with van der Waals surface area (Å²) < 4.78 is 35.5. The van der Waals surface area contributed by atoms with Gasteiger partial charge >= 0.3 is 0 Å². The van der Waals surface area contributed by atoms with Gasteiger partial charge in [-0.1, -0.05) is 17.7 Å². The molecular weight excluding hydrogens is 496 g/mol. The number of fused-ring (bicyclic) bond motifs is 2. The van der Waals surface area contributed by atoms with Crippen LogP contribution in [0.2, 0.25) is 5.02 Å². The van der Waals surface area contributed by atoms with Crippen molar-refractivity contribution in [1.29, 1.82) is 0 Å². The van der Waals surface area contributed by atoms with Crippen molar-refractivity contribution in [2.75, 3.05) is 37.6 Å². The van der Waals surface area contributed by atoms with Crippen LogP contribution < -0.4 is 4.90 Å². The number of piperazine rings is 1. The van der Waals surface area contributed by atoms with Crippen LogP contribution in [0.4, 0.5) is 5.69 Å². The number of halogens is 1. The average Bonchev–Trinajstić information content (AvgIpc) is 3.42. The second-order valence-corrected chi connectivity index (χ2v) is 12.7. The number of anilines is 1. The topological polar surface area (TPSA) is 83.0 Å². The molecule has 1 atom stereocenters. The molecule has 6 rings (SSSR count). The zero-order valence-corrected chi connectivity index (χ0v) is 20.7. The summed E-state index contributed by atoms with van der Waals surface area (Å²) >= 11 is 7.23. The first-order chi connectivity index (χ1) is 16.3. The quantitative estimate of drug-likeness (QED) is 0.529. The van der Waals surface area contributed by atoms with Crippen LogP contribution in [0.25, 0.3) is 10.1 Å². The van der Waals surface area contributed by atoms with Crippen molar-refractivity contribution in [3.8, 4) is 0 Å². The molecule has 3 aliphatic heterocycles. The summed E-state index contributed by atoms with van der Waals surface area (Å²) in [6.45, 7) is 2.10. The molecular formula is C23H23ClN4O4S2. The minimum Gasteiger partial charge on any atom is -0.371 e. The lowest BCUT2D eigenvalue weighted by molar-refractivity contribution is -0.144. The lowest BCUT2D eigenvalue weighted by atomic mass is 9.91. The van der Waals surface area contributed by atoms with E-state index < -0.39 is 21.9 Å². The van der Waals surface area contributed by atoms with E-state index in [2.05, 4.69) is 9.88 Å². The average molecular weight is 519 g/mol. The van der Waals surface area contributed by atoms with E-state index in [4.69, 9.17) is 16.3 Å². The standard InChI is InChI=1S/C23H23ClN4O4S2/c24-17-2-1-16-11-22(33-19(16)12-17)34(30,31)27-13-20(29)28-15-23(32-21(28)14-27)5-9-26(10-6-23)18-3-7-25-8-4-18/h1-4,7-8,11-12,21H,5-6,9-10,13-15H2. The van der Waals surface area contributed by atoms with Gasteiger partial charge in [-0.05, 0) is 48.6 Å². The van der Waals surface area contributed by atoms with Gasteiger partial charge in [-0.3, -0.25) is 9.78 Å². The summed E-state index contributed by atoms with van der Waals surface area (Å²) in [5, 5.41) is 1.37. The van der Waals surface area contributed by atoms with E-state index in [1.807, 2.05) is 12.1 Å². The predicted molar refractivity (Wildman–Crippen MR) is 131 cm³/mol. The first-order valence-electron chi connectivity index (χ1n) is 11.1. The number of carbonyl (C=O) groups is 1. The fraction of sp³-hybridized carbons (Fsp3) is 0.391. The predicted octanol–water partition coefficient (Wildman–Crippen LogP) is 3.18. The second kappa shape index (κ2) is 8.17. The Morgan fingerprint density at radius 2 is 1.88 bits per heavy atom. The summed E-state index contributed by atoms with van der Waals surface area (Å²) in [6, 6.07) is 10.9. The SMILES string of the molecule is O=C1CN(S(=O)(=O)c2cc3ccc(Cl)cc3s2)CC2OC3(CCN(c4ccncc4)CC3)CN12. The molecule has 3 saturated heterocycles. The maximum absolute atomic E-state index is 13.4. The van der Waals surface area contributed by atoms with Gasteiger partial charge in [-0.25, -0.2) is 8.42 Å². The number of amides is 1. The van der Waals surface area contributed by atoms with Crippen LogP contribution in [0.5, 0.6) is 0 Å². The van der Waals surface area contributed by atoms with Gasteiger partial charge in [-0.15, -0.1) is 11.3 Å². The fourth-order valence-electron chi connectivity index (χ4n) is 5.09. The second-order valence-electron chi connectivity index (χ2n) is 9.01. The molecule has 0 bridgehead atoms. The zero-order chi connectivity index (χ0) is 23.5. The molecule has 0 aliphatic carbocycles. The minimum absolute atomic E-state index is 0.138. The minimum atomic E-state index is -3.83. The monoisotopic (exact) mass is 518 g/mol. The lowest BCUT2D eigenvalue weighted by Crippen LogP contribution is -2.55. The number of nitrogens with zero attached hydrogens (tertiary/aromatic N) is 4. The molecule has 11 heteroatoms. The number of thiophene rings is 1. The summed E-state index contributed by atoms with van der Waals surface area (Å²) in [5.74, 6) is -0.211. The normalized spacial score (nSPS) is 23.1. The molecule has 5 heterocycles. The van der Waals surface area contributed by atoms with Gasteiger partial charge < -0.3 is 14.5 Å². The Morgan fingerprint density at radius 3 is 2.65 bits per heavy atom. The number of carbonyl (C=O) groups excluding carboxylic acids is 1. The highest BCUT2D eigenvalue weighted by atomic mass is 35.5. The third-order valence-corrected chi connectivity index (χ3v) is 10.5. The summed E-state index contributed by atoms with van der Waals surface area (Å²) in [6.07, 6.45) is 4.56. The molecule has 1 unspecified atom stereocenters. The number of benzene rings is 1. The fourth-order valence-corrected chi connectivity index (χ4v) is 8.30. The van der Waals surface area contributed by atoms with Crippen LogP contribution in [-0.2, 0) is 19.6 Å². The van der Waals surface area contributed by atoms with Crippen LogP contribution >= 0.6 is 22.9 Å². The zero-order valence-electron chi connectivity index (χ0n) is 18.3. The maximum atomic E-state index is 13.4. The number of piperidine rings is 1. The number of pyridine rings is 1. The smallest absolute Gasteiger partial charge is 0.253 e. The molecule has 0 radical (unpaired) electrons. The van der Waals surface area contributed by atoms with Gasteiger partial charge in [0.2, 0.25) is 5.91 Å². The maximum Gasteiger partial charge on any atom is 0.253 e. The van der Waals surface area contributed by atoms with E-state index in [0.29, 0.717) is 11.6 Å². The van der Waals surface area contributed by atoms with Gasteiger partial charge in [0, 0.05) is 40.9 Å². The van der Waals surface area contributed by atoms with Crippen LogP contribution in [0, 0.1) is 0 Å². The van der Waals surface area contributed by atoms with Crippen molar-refractivity contribution in [1.82, 2.24) is 14.2 Å². The molecule has 34 heavy (non-hydrogen) atoms. The van der Waals surface area contributed by atoms with Crippen molar-refractivity contribution in [2.45, 2.75) is 28.9 Å². The highest BCUT2D eigenvalue weighted by Gasteiger charge is 2.52. The Kier molecular flexibility index (Phi) is 5.34. The summed E-state index contributed by atoms with van der Waals surface area (Å²) in [7, 11) is -3.83. The number of sulfonamides is 1. The van der Waals surface area contributed by atoms with Crippen LogP contribution in [0.1, 0.15) is 12.8 Å². The van der Waals surface area contributed by atoms with Gasteiger partial charge in [0.05, 0.1) is 25.2 Å². The third-order valence-electron chi connectivity index (χ3n) is 6.94. The molecule has 8 nitrogen and oxygen atoms in total. The van der Waals surface area contributed by atoms with E-state index in [9.17, 15) is 13.2 Å². The Morgan fingerprint density at radius 1 is 1.12 bits per heavy atom. The molecule has 3 aliphatic rings. The van der Waals surface area contributed by atoms with Crippen LogP contribution in [-0.4, -0.2) is 73.1 Å². The highest BCUT2D eigenvalue weighted by molar-refractivity contribution is 7.91. The molecule has 1 aromatic carbocycles. The third kappa shape index (κ3) is 3.77. The van der Waals surface area contributed by atoms with Crippen molar-refractivity contribution in [3.05, 3.63) is 53.8 Å². The molecule has 3 fully saturated rings. The molecule has 3 aromatic rings. The van der Waals surface area contributed by atoms with Gasteiger partial charge in [0.25, 0.3) is 10.0 Å². The number of aromatic nitrogens is 1. The van der Waals surface area contributed by atoms with Crippen molar-refractivity contribution >= 4 is 54.6 Å². The Labute approximate surface area is 206 Å². The van der Waals surface area contributed by atoms with Gasteiger partial charge in [-0.2, -0.15) is 4.31 Å². The summed E-state index contributed by atoms with van der Waals surface area (Å²) in [4.78, 5) is 21.1. The van der Waals surface area contributed by atoms with E-state index in [-0.39, 0.29) is 23.2 Å². The molecule has 178 valence electrons. The van der Waals surface area contributed by atoms with Crippen molar-refractivity contribution < 1.29 is 17.9 Å². The van der Waals surface area contributed by atoms with Crippen LogP contribution in [0.3, 0.4) is 0 Å². The van der Waals surface area contributed by atoms with Crippen LogP contribution in [0.15, 0.2) is 53.0 Å². The Hall–Kier alpha value is -2.24. The number of ether oxygens (including phenoxy) is 1. The molecule has 1 spiro atoms. The molecule has 0 saturated carbocycles. The number of rotatable bonds is 3. The Bertz CT molecular complexity index is 1360. The Balaban J connectivity index is 1.19. The lowest BCUT2D eigenvalue weighted by Gasteiger charge is -2.39. The molecule has 2 aromatic heterocycles. The summed E-state index contributed by atoms with van der Waals surface area (Å²) in [5.41, 5.74) is 0.691. The van der Waals surface area contributed by atoms with Crippen molar-refractivity contribution in [3.63, 3.8) is 0 Å². The highest BCUT2D eigenvalue weighted by Crippen LogP contribution is 2.39. The first-order valence-corrected chi connectivity index (χ1v) is 13.8. The molecule has 1 amide bonds. The van der Waals surface area contributed by atoms with E-state index in [1.165, 1.54) is 15.6 Å². The largest absolute Gasteiger partial charge is 0.371 e. The first kappa shape index (κ1) is 22.2. The van der Waals surface area contributed by atoms with Gasteiger partial charge in [0.1, 0.15) is 10.4 Å². The molecule has 0 N–H and O–H groups in total. The van der Waals surface area contributed by atoms with Gasteiger partial charge in [0.15, 0.2) is 0 Å². The number of hydrogen-bond acceptors (Lipinski definition) is 7. The van der Waals surface area contributed by atoms with E-state index >= 15 is 0 Å². The van der Waals surface area contributed by atoms with E-state index in [0.717, 1.165) is 41.7 Å².